The van der Waals surface area contributed by atoms with Crippen molar-refractivity contribution in [3.63, 3.8) is 0 Å². The van der Waals surface area contributed by atoms with E-state index in [4.69, 9.17) is 45.0 Å². The molecule has 668 valence electrons. The maximum absolute atomic E-state index is 13.9. The number of piperazine rings is 1. The van der Waals surface area contributed by atoms with Crippen LogP contribution in [0.1, 0.15) is 131 Å². The number of pyridine rings is 1. The Morgan fingerprint density at radius 1 is 0.504 bits per heavy atom. The predicted octanol–water partition coefficient (Wildman–Crippen LogP) is 4.74. The van der Waals surface area contributed by atoms with E-state index in [2.05, 4.69) is 111 Å². The normalized spacial score (nSPS) is 14.2. The summed E-state index contributed by atoms with van der Waals surface area (Å²) in [5.74, 6) is -2.44. The van der Waals surface area contributed by atoms with Crippen LogP contribution in [-0.4, -0.2) is 284 Å². The van der Waals surface area contributed by atoms with E-state index in [0.717, 1.165) is 97.6 Å². The van der Waals surface area contributed by atoms with E-state index in [9.17, 15) is 43.2 Å². The molecule has 1 aromatic carbocycles. The van der Waals surface area contributed by atoms with Gasteiger partial charge in [-0.3, -0.25) is 67.5 Å². The minimum absolute atomic E-state index is 0.000785. The van der Waals surface area contributed by atoms with Crippen LogP contribution in [0.4, 0.5) is 34.4 Å². The third-order valence-electron chi connectivity index (χ3n) is 21.1. The molecule has 0 radical (unpaired) electrons. The number of carbonyl (C=O) groups is 9. The number of anilines is 6. The molecule has 0 spiro atoms. The van der Waals surface area contributed by atoms with Gasteiger partial charge in [0.2, 0.25) is 35.3 Å². The number of benzene rings is 1. The van der Waals surface area contributed by atoms with Crippen LogP contribution >= 0.6 is 22.9 Å². The summed E-state index contributed by atoms with van der Waals surface area (Å²) in [4.78, 5) is 148. The average molecular weight is 1760 g/mol. The number of aliphatic imine (C=N–C) groups is 1. The van der Waals surface area contributed by atoms with Crippen LogP contribution in [0.2, 0.25) is 5.02 Å². The molecule has 125 heavy (non-hydrogen) atoms. The van der Waals surface area contributed by atoms with E-state index in [0.29, 0.717) is 101 Å². The van der Waals surface area contributed by atoms with Gasteiger partial charge < -0.3 is 104 Å². The summed E-state index contributed by atoms with van der Waals surface area (Å²) in [5, 5.41) is 35.1. The van der Waals surface area contributed by atoms with Crippen LogP contribution in [0.5, 0.6) is 0 Å². The number of aryl methyl sites for hydroxylation is 7. The third-order valence-corrected chi connectivity index (χ3v) is 22.5. The number of carbonyl (C=O) groups excluding carboxylic acids is 9. The fourth-order valence-electron chi connectivity index (χ4n) is 14.5. The summed E-state index contributed by atoms with van der Waals surface area (Å²) in [6.45, 7) is 18.2. The fraction of sp³-hybridized carbons (Fsp3) is 0.470. The minimum Gasteiger partial charge on any atom is -0.378 e. The summed E-state index contributed by atoms with van der Waals surface area (Å²) in [7, 11) is 8.06. The van der Waals surface area contributed by atoms with E-state index in [1.54, 1.807) is 69.7 Å². The van der Waals surface area contributed by atoms with Gasteiger partial charge in [-0.2, -0.15) is 0 Å². The molecule has 9 aromatic rings. The van der Waals surface area contributed by atoms with E-state index < -0.39 is 47.4 Å². The summed E-state index contributed by atoms with van der Waals surface area (Å²) >= 11 is 7.99. The maximum atomic E-state index is 13.9. The smallest absolute Gasteiger partial charge is 0.291 e. The van der Waals surface area contributed by atoms with Gasteiger partial charge in [-0.05, 0) is 69.5 Å². The Balaban J connectivity index is 0.419. The Hall–Kier alpha value is -11.9. The molecule has 42 heteroatoms. The second-order valence-corrected chi connectivity index (χ2v) is 31.8. The number of hydrogen-bond acceptors (Lipinski definition) is 26. The van der Waals surface area contributed by atoms with Crippen molar-refractivity contribution in [3.05, 3.63) is 159 Å². The van der Waals surface area contributed by atoms with Gasteiger partial charge in [-0.1, -0.05) is 23.7 Å². The molecule has 0 unspecified atom stereocenters. The maximum Gasteiger partial charge on any atom is 0.291 e. The number of rotatable bonds is 45. The fourth-order valence-corrected chi connectivity index (χ4v) is 15.8. The van der Waals surface area contributed by atoms with Crippen molar-refractivity contribution in [2.24, 2.45) is 40.2 Å². The van der Waals surface area contributed by atoms with Gasteiger partial charge in [-0.25, -0.2) is 15.0 Å². The van der Waals surface area contributed by atoms with Crippen LogP contribution in [0.15, 0.2) is 97.0 Å². The van der Waals surface area contributed by atoms with Crippen molar-refractivity contribution < 1.29 is 71.6 Å². The molecule has 9 N–H and O–H groups in total. The number of thiophene rings is 1. The van der Waals surface area contributed by atoms with Crippen LogP contribution in [0.25, 0.3) is 5.00 Å². The summed E-state index contributed by atoms with van der Waals surface area (Å²) in [6.07, 6.45) is 14.6. The largest absolute Gasteiger partial charge is 0.378 e. The molecule has 0 bridgehead atoms. The van der Waals surface area contributed by atoms with Gasteiger partial charge in [0.1, 0.15) is 28.3 Å². The molecule has 12 rings (SSSR count). The highest BCUT2D eigenvalue weighted by molar-refractivity contribution is 7.15. The Morgan fingerprint density at radius 2 is 1.03 bits per heavy atom. The Morgan fingerprint density at radius 3 is 1.59 bits per heavy atom. The number of ether oxygens (including phenoxy) is 6. The predicted molar refractivity (Wildman–Crippen MR) is 466 cm³/mol. The molecule has 0 aliphatic carbocycles. The molecule has 8 aromatic heterocycles. The molecular weight excluding hydrogens is 1650 g/mol. The lowest BCUT2D eigenvalue weighted by Gasteiger charge is -2.43. The Labute approximate surface area is 731 Å². The Kier molecular flexibility index (Phi) is 33.3. The standard InChI is InChI=1S/C83H108ClN25O15S/c1-53-54(2)125-83-72(53)73(56-9-11-57(84)12-10-56)94-63(74-100-99-55(3)109(74)83)46-71(113)91-58-43-62(48-85-47-58)107-23-16-61(17-24-107)108-28-26-106(27-29-108)30-32-120-34-36-122-38-40-124-42-41-123-39-37-121-35-33-119-31-22-86-68(110)13-18-90-80(116)76-97-66(51-104(76)7)95-69(111)14-19-89-79(115)65-45-60(50-103(65)6)93-82(118)77-98-67(52-105(77)8)96-70(112)15-20-88-78(114)64-44-59(49-102(64)5)92-81(117)75-87-21-25-101(75)4/h9-12,21,25,43-45,47-52,61,63H,13-20,22-24,26-42,46H2,1-8H3,(H,86,110)(H,88,114)(H,89,115)(H,90,116)(H,91,113)(H,92,117)(H,93,118)(H,95,111)(H,96,112)/t63-/m0/s1. The zero-order chi connectivity index (χ0) is 88.5. The van der Waals surface area contributed by atoms with E-state index in [1.165, 1.54) is 60.1 Å². The highest BCUT2D eigenvalue weighted by atomic mass is 35.5. The number of amides is 9. The average Bonchev–Trinajstić information content (AvgIpc) is 1.59. The molecule has 3 aliphatic rings. The number of aromatic nitrogens is 12. The molecule has 3 aliphatic heterocycles. The van der Waals surface area contributed by atoms with Crippen molar-refractivity contribution in [1.29, 1.82) is 0 Å². The highest BCUT2D eigenvalue weighted by Crippen LogP contribution is 2.40. The third kappa shape index (κ3) is 25.9. The number of halogens is 1. The molecule has 40 nitrogen and oxygen atoms in total. The zero-order valence-corrected chi connectivity index (χ0v) is 73.0. The van der Waals surface area contributed by atoms with Gasteiger partial charge in [0.05, 0.1) is 127 Å². The topological polar surface area (TPSA) is 446 Å². The lowest BCUT2D eigenvalue weighted by molar-refractivity contribution is -0.121. The number of fused-ring (bicyclic) bond motifs is 3. The van der Waals surface area contributed by atoms with Crippen molar-refractivity contribution in [2.45, 2.75) is 71.4 Å². The molecule has 9 amide bonds. The van der Waals surface area contributed by atoms with Crippen LogP contribution in [0, 0.1) is 20.8 Å². The number of imidazole rings is 3. The summed E-state index contributed by atoms with van der Waals surface area (Å²) in [6, 6.07) is 12.5. The van der Waals surface area contributed by atoms with Crippen molar-refractivity contribution in [1.82, 2.24) is 88.6 Å². The van der Waals surface area contributed by atoms with Gasteiger partial charge >= 0.3 is 0 Å². The van der Waals surface area contributed by atoms with Crippen molar-refractivity contribution in [2.75, 3.05) is 183 Å². The lowest BCUT2D eigenvalue weighted by Crippen LogP contribution is -2.53. The first-order valence-corrected chi connectivity index (χ1v) is 42.6. The van der Waals surface area contributed by atoms with Gasteiger partial charge in [0.15, 0.2) is 23.3 Å². The van der Waals surface area contributed by atoms with E-state index in [-0.39, 0.29) is 116 Å². The molecule has 0 saturated carbocycles. The molecular formula is C83H108ClN25O15S. The number of nitrogens with zero attached hydrogens (tertiary/aromatic N) is 16. The first-order valence-electron chi connectivity index (χ1n) is 41.4. The van der Waals surface area contributed by atoms with Crippen molar-refractivity contribution >= 4 is 116 Å². The SMILES string of the molecule is Cc1sc2c(c1C)C(c1ccc(Cl)cc1)=N[C@@H](CC(=O)Nc1cncc(N3CCC(N4CCN(CCOCCOCCOCCOCCOCCOCCNC(=O)CCNC(=O)c5nc(NC(=O)CCNC(=O)c6cc(NC(=O)c7nc(NC(=O)CCNC(=O)c8cc(NC(=O)c9nccn9C)cn8C)cn7C)cn6C)cn5C)CC4)CC3)c1)c1nnc(C)n1-2. The monoisotopic (exact) mass is 1760 g/mol. The molecule has 2 fully saturated rings. The first-order chi connectivity index (χ1) is 60.4. The van der Waals surface area contributed by atoms with Gasteiger partial charge in [-0.15, -0.1) is 21.5 Å². The second-order valence-electron chi connectivity index (χ2n) is 30.2. The molecule has 2 saturated heterocycles. The van der Waals surface area contributed by atoms with E-state index >= 15 is 0 Å². The summed E-state index contributed by atoms with van der Waals surface area (Å²) in [5.41, 5.74) is 6.55. The van der Waals surface area contributed by atoms with E-state index in [1.807, 2.05) is 43.5 Å². The number of nitrogens with one attached hydrogen (secondary N) is 9. The second kappa shape index (κ2) is 45.1. The van der Waals surface area contributed by atoms with Gasteiger partial charge in [0, 0.05) is 191 Å². The van der Waals surface area contributed by atoms with Crippen LogP contribution in [0.3, 0.4) is 0 Å². The number of hydrogen-bond donors (Lipinski definition) is 9. The number of piperidine rings is 1. The molecule has 1 atom stereocenters. The summed E-state index contributed by atoms with van der Waals surface area (Å²) < 4.78 is 43.4. The van der Waals surface area contributed by atoms with Gasteiger partial charge in [0.25, 0.3) is 29.5 Å². The lowest BCUT2D eigenvalue weighted by atomic mass is 9.99. The quantitative estimate of drug-likeness (QED) is 0.0233. The minimum atomic E-state index is -0.638. The Bertz CT molecular complexity index is 5260. The van der Waals surface area contributed by atoms with Crippen LogP contribution in [-0.2, 0) is 82.8 Å². The first kappa shape index (κ1) is 92.3. The molecule has 11 heterocycles. The van der Waals surface area contributed by atoms with Crippen LogP contribution < -0.4 is 52.8 Å². The van der Waals surface area contributed by atoms with Crippen molar-refractivity contribution in [3.8, 4) is 5.00 Å². The zero-order valence-electron chi connectivity index (χ0n) is 71.4. The highest BCUT2D eigenvalue weighted by Gasteiger charge is 2.34.